The number of carbonyl (C=O) groups is 2. The van der Waals surface area contributed by atoms with E-state index in [0.717, 1.165) is 17.3 Å². The number of methoxy groups -OCH3 is 1. The van der Waals surface area contributed by atoms with Crippen molar-refractivity contribution in [2.45, 2.75) is 13.8 Å². The summed E-state index contributed by atoms with van der Waals surface area (Å²) >= 11 is 6.98. The van der Waals surface area contributed by atoms with E-state index < -0.39 is 11.9 Å². The van der Waals surface area contributed by atoms with Gasteiger partial charge >= 0.3 is 5.97 Å². The predicted octanol–water partition coefficient (Wildman–Crippen LogP) is 5.06. The minimum Gasteiger partial charge on any atom is -0.506 e. The van der Waals surface area contributed by atoms with Crippen LogP contribution in [-0.4, -0.2) is 40.8 Å². The first-order chi connectivity index (χ1) is 15.3. The fourth-order valence-corrected chi connectivity index (χ4v) is 4.17. The van der Waals surface area contributed by atoms with Crippen LogP contribution >= 0.6 is 23.4 Å². The van der Waals surface area contributed by atoms with Crippen molar-refractivity contribution in [1.29, 1.82) is 0 Å². The number of hydrogen-bond acceptors (Lipinski definition) is 7. The van der Waals surface area contributed by atoms with E-state index in [1.807, 2.05) is 0 Å². The lowest BCUT2D eigenvalue weighted by Gasteiger charge is -2.07. The Balaban J connectivity index is 2.07. The number of hydrogen-bond donors (Lipinski definition) is 2. The number of nitrogens with zero attached hydrogens (tertiary/aromatic N) is 1. The van der Waals surface area contributed by atoms with Crippen LogP contribution in [-0.2, 0) is 9.53 Å². The molecule has 0 aromatic heterocycles. The summed E-state index contributed by atoms with van der Waals surface area (Å²) in [6, 6.07) is 9.92. The van der Waals surface area contributed by atoms with Crippen LogP contribution in [0.1, 0.15) is 28.4 Å². The Labute approximate surface area is 194 Å². The zero-order chi connectivity index (χ0) is 23.4. The summed E-state index contributed by atoms with van der Waals surface area (Å²) < 4.78 is 10.1. The number of halogens is 1. The maximum Gasteiger partial charge on any atom is 0.344 e. The number of carbonyl (C=O) groups excluding carboxylic acids is 2. The first kappa shape index (κ1) is 23.4. The highest BCUT2D eigenvalue weighted by Crippen LogP contribution is 2.41. The Morgan fingerprint density at radius 2 is 1.94 bits per heavy atom. The molecule has 0 aliphatic carbocycles. The molecule has 0 fully saturated rings. The molecule has 0 saturated carbocycles. The largest absolute Gasteiger partial charge is 0.506 e. The number of thioether (sulfide) groups is 1. The second-order valence-electron chi connectivity index (χ2n) is 6.65. The zero-order valence-corrected chi connectivity index (χ0v) is 19.1. The highest BCUT2D eigenvalue weighted by molar-refractivity contribution is 8.18. The van der Waals surface area contributed by atoms with E-state index in [0.29, 0.717) is 11.1 Å². The summed E-state index contributed by atoms with van der Waals surface area (Å²) in [4.78, 5) is 29.6. The van der Waals surface area contributed by atoms with Crippen LogP contribution in [0.2, 0.25) is 5.02 Å². The van der Waals surface area contributed by atoms with Crippen LogP contribution in [0.15, 0.2) is 57.6 Å². The van der Waals surface area contributed by atoms with Gasteiger partial charge in [0.15, 0.2) is 11.5 Å². The first-order valence-electron chi connectivity index (χ1n) is 9.52. The van der Waals surface area contributed by atoms with Gasteiger partial charge in [-0.2, -0.15) is 0 Å². The highest BCUT2D eigenvalue weighted by atomic mass is 35.5. The highest BCUT2D eigenvalue weighted by Gasteiger charge is 2.34. The maximum atomic E-state index is 12.7. The second kappa shape index (κ2) is 9.93. The SMILES string of the molecule is CCOC(=O)C1=C(O)/C(=C/c2cc(Cl)c(O)c(OC)c2)SC1=NC(=O)c1ccccc1C. The monoisotopic (exact) mass is 473 g/mol. The number of ether oxygens (including phenoxy) is 2. The maximum absolute atomic E-state index is 12.7. The number of phenolic OH excluding ortho intramolecular Hbond substituents is 1. The molecule has 1 amide bonds. The summed E-state index contributed by atoms with van der Waals surface area (Å²) in [5, 5.41) is 20.7. The Morgan fingerprint density at radius 3 is 2.59 bits per heavy atom. The van der Waals surface area contributed by atoms with Crippen molar-refractivity contribution in [3.8, 4) is 11.5 Å². The van der Waals surface area contributed by atoms with Gasteiger partial charge in [-0.05, 0) is 49.2 Å². The number of aromatic hydroxyl groups is 1. The molecule has 7 nitrogen and oxygen atoms in total. The normalized spacial score (nSPS) is 16.0. The molecule has 3 rings (SSSR count). The van der Waals surface area contributed by atoms with E-state index >= 15 is 0 Å². The van der Waals surface area contributed by atoms with Crippen LogP contribution in [0.4, 0.5) is 0 Å². The fourth-order valence-electron chi connectivity index (χ4n) is 2.94. The molecule has 0 bridgehead atoms. The topological polar surface area (TPSA) is 105 Å². The van der Waals surface area contributed by atoms with Crippen molar-refractivity contribution in [3.05, 3.63) is 74.3 Å². The summed E-state index contributed by atoms with van der Waals surface area (Å²) in [7, 11) is 1.38. The number of phenols is 1. The number of aliphatic hydroxyl groups is 1. The average Bonchev–Trinajstić information content (AvgIpc) is 3.05. The van der Waals surface area contributed by atoms with Crippen molar-refractivity contribution >= 4 is 46.4 Å². The van der Waals surface area contributed by atoms with Crippen molar-refractivity contribution in [3.63, 3.8) is 0 Å². The molecule has 0 spiro atoms. The molecule has 2 N–H and O–H groups in total. The third-order valence-corrected chi connectivity index (χ3v) is 5.83. The van der Waals surface area contributed by atoms with Gasteiger partial charge in [-0.1, -0.05) is 41.6 Å². The molecular weight excluding hydrogens is 454 g/mol. The molecule has 1 aliphatic heterocycles. The van der Waals surface area contributed by atoms with E-state index in [2.05, 4.69) is 4.99 Å². The van der Waals surface area contributed by atoms with Crippen LogP contribution in [0.25, 0.3) is 6.08 Å². The van der Waals surface area contributed by atoms with Gasteiger partial charge in [-0.25, -0.2) is 9.79 Å². The minimum absolute atomic E-state index is 0.0253. The average molecular weight is 474 g/mol. The molecular formula is C23H20ClNO6S. The molecule has 0 unspecified atom stereocenters. The van der Waals surface area contributed by atoms with Gasteiger partial charge in [0.1, 0.15) is 16.4 Å². The molecule has 0 atom stereocenters. The van der Waals surface area contributed by atoms with Crippen LogP contribution in [0.3, 0.4) is 0 Å². The van der Waals surface area contributed by atoms with E-state index in [-0.39, 0.29) is 44.4 Å². The van der Waals surface area contributed by atoms with Crippen LogP contribution in [0.5, 0.6) is 11.5 Å². The van der Waals surface area contributed by atoms with Gasteiger partial charge < -0.3 is 19.7 Å². The number of rotatable bonds is 5. The van der Waals surface area contributed by atoms with E-state index in [4.69, 9.17) is 21.1 Å². The van der Waals surface area contributed by atoms with Gasteiger partial charge in [0.25, 0.3) is 5.91 Å². The lowest BCUT2D eigenvalue weighted by molar-refractivity contribution is -0.138. The van der Waals surface area contributed by atoms with Crippen molar-refractivity contribution in [1.82, 2.24) is 0 Å². The molecule has 0 radical (unpaired) electrons. The van der Waals surface area contributed by atoms with Gasteiger partial charge in [0, 0.05) is 5.56 Å². The first-order valence-corrected chi connectivity index (χ1v) is 10.7. The number of aryl methyl sites for hydroxylation is 1. The van der Waals surface area contributed by atoms with Gasteiger partial charge in [-0.15, -0.1) is 0 Å². The van der Waals surface area contributed by atoms with Gasteiger partial charge in [-0.3, -0.25) is 4.79 Å². The van der Waals surface area contributed by atoms with Crippen molar-refractivity contribution in [2.24, 2.45) is 4.99 Å². The Morgan fingerprint density at radius 1 is 1.22 bits per heavy atom. The Kier molecular flexibility index (Phi) is 7.27. The lowest BCUT2D eigenvalue weighted by Crippen LogP contribution is -2.14. The van der Waals surface area contributed by atoms with Crippen LogP contribution < -0.4 is 4.74 Å². The molecule has 2 aromatic carbocycles. The molecule has 0 saturated heterocycles. The third kappa shape index (κ3) is 4.81. The smallest absolute Gasteiger partial charge is 0.344 e. The second-order valence-corrected chi connectivity index (χ2v) is 8.08. The Bertz CT molecular complexity index is 1190. The summed E-state index contributed by atoms with van der Waals surface area (Å²) in [5.41, 5.74) is 1.42. The van der Waals surface area contributed by atoms with E-state index in [1.54, 1.807) is 38.1 Å². The molecule has 2 aromatic rings. The van der Waals surface area contributed by atoms with Crippen molar-refractivity contribution < 1.29 is 29.3 Å². The summed E-state index contributed by atoms with van der Waals surface area (Å²) in [5.74, 6) is -1.78. The van der Waals surface area contributed by atoms with E-state index in [1.165, 1.54) is 25.3 Å². The zero-order valence-electron chi connectivity index (χ0n) is 17.5. The summed E-state index contributed by atoms with van der Waals surface area (Å²) in [6.07, 6.45) is 1.54. The number of amides is 1. The number of benzene rings is 2. The standard InChI is InChI=1S/C23H20ClNO6S/c1-4-31-23(29)18-20(27)17(11-13-9-15(24)19(26)16(10-13)30-3)32-22(18)25-21(28)14-8-6-5-7-12(14)2/h5-11,26-27H,4H2,1-3H3/b17-11-,25-22?. The van der Waals surface area contributed by atoms with Crippen molar-refractivity contribution in [2.75, 3.05) is 13.7 Å². The Hall–Kier alpha value is -3.23. The minimum atomic E-state index is -0.793. The molecule has 32 heavy (non-hydrogen) atoms. The van der Waals surface area contributed by atoms with E-state index in [9.17, 15) is 19.8 Å². The predicted molar refractivity (Wildman–Crippen MR) is 124 cm³/mol. The van der Waals surface area contributed by atoms with Crippen LogP contribution in [0, 0.1) is 6.92 Å². The quantitative estimate of drug-likeness (QED) is 0.584. The molecule has 1 aliphatic rings. The third-order valence-electron chi connectivity index (χ3n) is 4.52. The number of aliphatic hydroxyl groups excluding tert-OH is 1. The number of aliphatic imine (C=N–C) groups is 1. The molecule has 1 heterocycles. The van der Waals surface area contributed by atoms with Gasteiger partial charge in [0.05, 0.1) is 23.6 Å². The summed E-state index contributed by atoms with van der Waals surface area (Å²) in [6.45, 7) is 3.50. The lowest BCUT2D eigenvalue weighted by atomic mass is 10.1. The number of esters is 1. The molecule has 166 valence electrons. The fraction of sp³-hybridized carbons (Fsp3) is 0.174. The molecule has 9 heteroatoms. The van der Waals surface area contributed by atoms with Gasteiger partial charge in [0.2, 0.25) is 0 Å².